The summed E-state index contributed by atoms with van der Waals surface area (Å²) in [4.78, 5) is 14.2. The molecular formula is C16H18ClNO3. The summed E-state index contributed by atoms with van der Waals surface area (Å²) in [5.74, 6) is 1.24. The first-order chi connectivity index (χ1) is 10.1. The van der Waals surface area contributed by atoms with Crippen LogP contribution in [0.2, 0.25) is 5.02 Å². The molecule has 0 aromatic heterocycles. The van der Waals surface area contributed by atoms with E-state index in [9.17, 15) is 4.79 Å². The maximum absolute atomic E-state index is 12.3. The van der Waals surface area contributed by atoms with E-state index >= 15 is 0 Å². The molecule has 3 rings (SSSR count). The lowest BCUT2D eigenvalue weighted by atomic mass is 10.1. The smallest absolute Gasteiger partial charge is 0.247 e. The Balaban J connectivity index is 1.76. The van der Waals surface area contributed by atoms with E-state index in [-0.39, 0.29) is 18.7 Å². The lowest BCUT2D eigenvalue weighted by molar-refractivity contribution is -0.128. The minimum absolute atomic E-state index is 0.0429. The van der Waals surface area contributed by atoms with Crippen LogP contribution in [0.3, 0.4) is 0 Å². The SMILES string of the molecule is CC(C)N(C(=O)/C=C/c1cc(Cl)c2c(c1)OCO2)C1CC1. The van der Waals surface area contributed by atoms with Gasteiger partial charge in [-0.1, -0.05) is 11.6 Å². The van der Waals surface area contributed by atoms with Gasteiger partial charge in [0, 0.05) is 18.2 Å². The summed E-state index contributed by atoms with van der Waals surface area (Å²) in [6.07, 6.45) is 5.58. The first kappa shape index (κ1) is 14.3. The lowest BCUT2D eigenvalue weighted by Crippen LogP contribution is -2.37. The quantitative estimate of drug-likeness (QED) is 0.799. The predicted octanol–water partition coefficient (Wildman–Crippen LogP) is 3.48. The van der Waals surface area contributed by atoms with Crippen LogP contribution >= 0.6 is 11.6 Å². The molecule has 5 heteroatoms. The normalized spacial score (nSPS) is 16.8. The molecule has 0 unspecified atom stereocenters. The van der Waals surface area contributed by atoms with Crippen molar-refractivity contribution in [2.75, 3.05) is 6.79 Å². The van der Waals surface area contributed by atoms with Crippen LogP contribution in [-0.2, 0) is 4.79 Å². The van der Waals surface area contributed by atoms with E-state index in [2.05, 4.69) is 0 Å². The zero-order valence-corrected chi connectivity index (χ0v) is 12.9. The maximum atomic E-state index is 12.3. The molecule has 0 spiro atoms. The third-order valence-electron chi connectivity index (χ3n) is 3.62. The van der Waals surface area contributed by atoms with Gasteiger partial charge in [-0.3, -0.25) is 4.79 Å². The number of hydrogen-bond acceptors (Lipinski definition) is 3. The molecule has 2 aliphatic rings. The number of rotatable bonds is 4. The fourth-order valence-electron chi connectivity index (χ4n) is 2.55. The maximum Gasteiger partial charge on any atom is 0.247 e. The molecule has 4 nitrogen and oxygen atoms in total. The van der Waals surface area contributed by atoms with Crippen LogP contribution < -0.4 is 9.47 Å². The monoisotopic (exact) mass is 307 g/mol. The second-order valence-corrected chi connectivity index (χ2v) is 6.05. The van der Waals surface area contributed by atoms with Crippen molar-refractivity contribution in [1.29, 1.82) is 0 Å². The number of nitrogens with zero attached hydrogens (tertiary/aromatic N) is 1. The van der Waals surface area contributed by atoms with Crippen LogP contribution in [0.15, 0.2) is 18.2 Å². The number of ether oxygens (including phenoxy) is 2. The highest BCUT2D eigenvalue weighted by Gasteiger charge is 2.33. The summed E-state index contributed by atoms with van der Waals surface area (Å²) in [5.41, 5.74) is 0.831. The third kappa shape index (κ3) is 3.00. The minimum Gasteiger partial charge on any atom is -0.454 e. The summed E-state index contributed by atoms with van der Waals surface area (Å²) in [6.45, 7) is 4.27. The Morgan fingerprint density at radius 3 is 2.81 bits per heavy atom. The van der Waals surface area contributed by atoms with Gasteiger partial charge < -0.3 is 14.4 Å². The highest BCUT2D eigenvalue weighted by molar-refractivity contribution is 6.32. The van der Waals surface area contributed by atoms with Gasteiger partial charge in [0.25, 0.3) is 0 Å². The van der Waals surface area contributed by atoms with Crippen molar-refractivity contribution in [3.05, 3.63) is 28.8 Å². The van der Waals surface area contributed by atoms with Crippen molar-refractivity contribution in [1.82, 2.24) is 4.90 Å². The second kappa shape index (κ2) is 5.60. The molecule has 1 amide bonds. The number of carbonyl (C=O) groups is 1. The van der Waals surface area contributed by atoms with Gasteiger partial charge in [0.2, 0.25) is 12.7 Å². The number of benzene rings is 1. The molecule has 0 atom stereocenters. The van der Waals surface area contributed by atoms with E-state index < -0.39 is 0 Å². The van der Waals surface area contributed by atoms with E-state index in [1.54, 1.807) is 18.2 Å². The summed E-state index contributed by atoms with van der Waals surface area (Å²) in [6, 6.07) is 4.22. The van der Waals surface area contributed by atoms with Gasteiger partial charge in [0.1, 0.15) is 0 Å². The molecule has 1 fully saturated rings. The van der Waals surface area contributed by atoms with Gasteiger partial charge in [0.15, 0.2) is 11.5 Å². The van der Waals surface area contributed by atoms with Crippen LogP contribution in [0.1, 0.15) is 32.3 Å². The molecule has 1 heterocycles. The molecule has 0 bridgehead atoms. The highest BCUT2D eigenvalue weighted by Crippen LogP contribution is 2.40. The fraction of sp³-hybridized carbons (Fsp3) is 0.438. The minimum atomic E-state index is 0.0429. The first-order valence-electron chi connectivity index (χ1n) is 7.16. The van der Waals surface area contributed by atoms with Crippen molar-refractivity contribution in [3.8, 4) is 11.5 Å². The molecule has 1 aliphatic heterocycles. The van der Waals surface area contributed by atoms with Crippen LogP contribution in [0.25, 0.3) is 6.08 Å². The Morgan fingerprint density at radius 2 is 2.14 bits per heavy atom. The van der Waals surface area contributed by atoms with E-state index in [0.29, 0.717) is 22.6 Å². The van der Waals surface area contributed by atoms with Crippen LogP contribution in [0.5, 0.6) is 11.5 Å². The molecule has 112 valence electrons. The number of fused-ring (bicyclic) bond motifs is 1. The van der Waals surface area contributed by atoms with Crippen LogP contribution in [0, 0.1) is 0 Å². The second-order valence-electron chi connectivity index (χ2n) is 5.64. The number of halogens is 1. The molecule has 1 aliphatic carbocycles. The highest BCUT2D eigenvalue weighted by atomic mass is 35.5. The zero-order chi connectivity index (χ0) is 15.0. The number of amides is 1. The van der Waals surface area contributed by atoms with Crippen molar-refractivity contribution in [3.63, 3.8) is 0 Å². The topological polar surface area (TPSA) is 38.8 Å². The number of hydrogen-bond donors (Lipinski definition) is 0. The summed E-state index contributed by atoms with van der Waals surface area (Å²) >= 11 is 6.13. The molecule has 0 radical (unpaired) electrons. The molecular weight excluding hydrogens is 290 g/mol. The van der Waals surface area contributed by atoms with Crippen molar-refractivity contribution < 1.29 is 14.3 Å². The standard InChI is InChI=1S/C16H18ClNO3/c1-10(2)18(12-4-5-12)15(19)6-3-11-7-13(17)16-14(8-11)20-9-21-16/h3,6-8,10,12H,4-5,9H2,1-2H3/b6-3+. The van der Waals surface area contributed by atoms with E-state index in [1.807, 2.05) is 24.8 Å². The van der Waals surface area contributed by atoms with Gasteiger partial charge >= 0.3 is 0 Å². The average Bonchev–Trinajstić information content (AvgIpc) is 3.12. The predicted molar refractivity (Wildman–Crippen MR) is 81.6 cm³/mol. The van der Waals surface area contributed by atoms with Gasteiger partial charge in [0.05, 0.1) is 5.02 Å². The van der Waals surface area contributed by atoms with E-state index in [0.717, 1.165) is 18.4 Å². The first-order valence-corrected chi connectivity index (χ1v) is 7.53. The Morgan fingerprint density at radius 1 is 1.38 bits per heavy atom. The fourth-order valence-corrected chi connectivity index (χ4v) is 2.82. The Kier molecular flexibility index (Phi) is 3.81. The lowest BCUT2D eigenvalue weighted by Gasteiger charge is -2.25. The largest absolute Gasteiger partial charge is 0.454 e. The third-order valence-corrected chi connectivity index (χ3v) is 3.90. The molecule has 1 aromatic carbocycles. The molecule has 1 saturated carbocycles. The Labute approximate surface area is 129 Å². The Hall–Kier alpha value is -1.68. The van der Waals surface area contributed by atoms with Crippen molar-refractivity contribution >= 4 is 23.6 Å². The Bertz CT molecular complexity index is 591. The average molecular weight is 308 g/mol. The summed E-state index contributed by atoms with van der Waals surface area (Å²) in [5, 5.41) is 0.500. The van der Waals surface area contributed by atoms with Gasteiger partial charge in [-0.2, -0.15) is 0 Å². The molecule has 0 N–H and O–H groups in total. The molecule has 21 heavy (non-hydrogen) atoms. The van der Waals surface area contributed by atoms with Gasteiger partial charge in [-0.15, -0.1) is 0 Å². The number of carbonyl (C=O) groups excluding carboxylic acids is 1. The molecule has 1 aromatic rings. The van der Waals surface area contributed by atoms with E-state index in [4.69, 9.17) is 21.1 Å². The van der Waals surface area contributed by atoms with Crippen LogP contribution in [0.4, 0.5) is 0 Å². The van der Waals surface area contributed by atoms with Gasteiger partial charge in [-0.05, 0) is 50.5 Å². The van der Waals surface area contributed by atoms with E-state index in [1.165, 1.54) is 0 Å². The molecule has 0 saturated heterocycles. The summed E-state index contributed by atoms with van der Waals surface area (Å²) < 4.78 is 10.6. The van der Waals surface area contributed by atoms with Crippen LogP contribution in [-0.4, -0.2) is 29.7 Å². The van der Waals surface area contributed by atoms with Crippen molar-refractivity contribution in [2.45, 2.75) is 38.8 Å². The van der Waals surface area contributed by atoms with Gasteiger partial charge in [-0.25, -0.2) is 0 Å². The summed E-state index contributed by atoms with van der Waals surface area (Å²) in [7, 11) is 0. The zero-order valence-electron chi connectivity index (χ0n) is 12.1. The van der Waals surface area contributed by atoms with Crippen molar-refractivity contribution in [2.24, 2.45) is 0 Å².